The number of rotatable bonds is 3. The highest BCUT2D eigenvalue weighted by Crippen LogP contribution is 2.36. The second kappa shape index (κ2) is 5.92. The molecule has 0 saturated carbocycles. The van der Waals surface area contributed by atoms with Crippen LogP contribution in [0.3, 0.4) is 0 Å². The van der Waals surface area contributed by atoms with E-state index >= 15 is 0 Å². The number of pyridine rings is 1. The Balaban J connectivity index is 2.36. The van der Waals surface area contributed by atoms with Gasteiger partial charge in [0.05, 0.1) is 22.5 Å². The fourth-order valence-corrected chi connectivity index (χ4v) is 3.16. The van der Waals surface area contributed by atoms with Gasteiger partial charge in [-0.05, 0) is 43.7 Å². The minimum Gasteiger partial charge on any atom is -0.387 e. The maximum atomic E-state index is 10.5. The second-order valence-electron chi connectivity index (χ2n) is 5.25. The third-order valence-electron chi connectivity index (χ3n) is 3.76. The average molecular weight is 335 g/mol. The molecular weight excluding hydrogens is 319 g/mol. The Labute approximate surface area is 139 Å². The minimum atomic E-state index is -0.613. The van der Waals surface area contributed by atoms with Crippen molar-refractivity contribution in [2.75, 3.05) is 0 Å². The van der Waals surface area contributed by atoms with Gasteiger partial charge >= 0.3 is 0 Å². The van der Waals surface area contributed by atoms with Crippen LogP contribution in [0.4, 0.5) is 0 Å². The van der Waals surface area contributed by atoms with E-state index in [1.54, 1.807) is 12.1 Å². The number of aromatic nitrogens is 2. The highest BCUT2D eigenvalue weighted by Gasteiger charge is 2.22. The van der Waals surface area contributed by atoms with Crippen molar-refractivity contribution in [2.45, 2.75) is 26.4 Å². The van der Waals surface area contributed by atoms with E-state index in [0.717, 1.165) is 22.6 Å². The number of aryl methyl sites for hydroxylation is 1. The van der Waals surface area contributed by atoms with Crippen molar-refractivity contribution in [3.8, 4) is 11.3 Å². The van der Waals surface area contributed by atoms with E-state index in [1.165, 1.54) is 0 Å². The summed E-state index contributed by atoms with van der Waals surface area (Å²) in [5, 5.41) is 11.6. The Morgan fingerprint density at radius 3 is 2.68 bits per heavy atom. The van der Waals surface area contributed by atoms with Gasteiger partial charge in [0.15, 0.2) is 0 Å². The molecule has 0 fully saturated rings. The lowest BCUT2D eigenvalue weighted by molar-refractivity contribution is 0.168. The maximum absolute atomic E-state index is 10.5. The van der Waals surface area contributed by atoms with Gasteiger partial charge in [0.25, 0.3) is 0 Å². The Hall–Kier alpha value is -1.55. The summed E-state index contributed by atoms with van der Waals surface area (Å²) in [6.45, 7) is 3.93. The van der Waals surface area contributed by atoms with E-state index in [4.69, 9.17) is 23.2 Å². The number of hydrogen-bond donors (Lipinski definition) is 1. The van der Waals surface area contributed by atoms with Crippen molar-refractivity contribution in [2.24, 2.45) is 0 Å². The SMILES string of the molecule is CCC(O)c1c(-c2ccc(Cl)cc2Cl)nc2cccc(C)n12. The zero-order valence-electron chi connectivity index (χ0n) is 12.3. The third kappa shape index (κ3) is 2.50. The molecule has 0 spiro atoms. The molecule has 1 atom stereocenters. The molecule has 0 saturated heterocycles. The van der Waals surface area contributed by atoms with Gasteiger partial charge in [0.2, 0.25) is 0 Å². The highest BCUT2D eigenvalue weighted by molar-refractivity contribution is 6.36. The van der Waals surface area contributed by atoms with Gasteiger partial charge in [-0.3, -0.25) is 4.40 Å². The van der Waals surface area contributed by atoms with Crippen LogP contribution in [0.5, 0.6) is 0 Å². The topological polar surface area (TPSA) is 37.5 Å². The van der Waals surface area contributed by atoms with Crippen molar-refractivity contribution >= 4 is 28.8 Å². The molecule has 3 rings (SSSR count). The molecule has 0 aliphatic carbocycles. The molecule has 114 valence electrons. The lowest BCUT2D eigenvalue weighted by Crippen LogP contribution is -2.04. The maximum Gasteiger partial charge on any atom is 0.137 e. The van der Waals surface area contributed by atoms with Gasteiger partial charge in [-0.25, -0.2) is 4.98 Å². The fourth-order valence-electron chi connectivity index (χ4n) is 2.66. The number of fused-ring (bicyclic) bond motifs is 1. The normalized spacial score (nSPS) is 12.8. The first-order valence-electron chi connectivity index (χ1n) is 7.14. The second-order valence-corrected chi connectivity index (χ2v) is 6.10. The first kappa shape index (κ1) is 15.3. The third-order valence-corrected chi connectivity index (χ3v) is 4.31. The molecule has 0 aliphatic rings. The molecule has 0 bridgehead atoms. The summed E-state index contributed by atoms with van der Waals surface area (Å²) in [5.74, 6) is 0. The van der Waals surface area contributed by atoms with Crippen LogP contribution in [-0.4, -0.2) is 14.5 Å². The standard InChI is InChI=1S/C17H16Cl2N2O/c1-3-14(22)17-16(12-8-7-11(18)9-13(12)19)20-15-6-4-5-10(2)21(15)17/h4-9,14,22H,3H2,1-2H3. The van der Waals surface area contributed by atoms with E-state index in [0.29, 0.717) is 22.2 Å². The van der Waals surface area contributed by atoms with Gasteiger partial charge in [-0.1, -0.05) is 36.2 Å². The lowest BCUT2D eigenvalue weighted by Gasteiger charge is -2.13. The molecule has 2 aromatic heterocycles. The van der Waals surface area contributed by atoms with Crippen LogP contribution in [0.1, 0.15) is 30.8 Å². The predicted octanol–water partition coefficient (Wildman–Crippen LogP) is 5.06. The summed E-state index contributed by atoms with van der Waals surface area (Å²) in [5.41, 5.74) is 4.05. The van der Waals surface area contributed by atoms with Crippen molar-refractivity contribution in [1.29, 1.82) is 0 Å². The monoisotopic (exact) mass is 334 g/mol. The van der Waals surface area contributed by atoms with Gasteiger partial charge in [-0.15, -0.1) is 0 Å². The summed E-state index contributed by atoms with van der Waals surface area (Å²) in [7, 11) is 0. The Morgan fingerprint density at radius 1 is 1.23 bits per heavy atom. The van der Waals surface area contributed by atoms with Crippen LogP contribution in [0.2, 0.25) is 10.0 Å². The van der Waals surface area contributed by atoms with Crippen LogP contribution >= 0.6 is 23.2 Å². The molecule has 2 heterocycles. The number of benzene rings is 1. The average Bonchev–Trinajstić information content (AvgIpc) is 2.87. The summed E-state index contributed by atoms with van der Waals surface area (Å²) in [6, 6.07) is 11.2. The molecule has 22 heavy (non-hydrogen) atoms. The van der Waals surface area contributed by atoms with Crippen molar-refractivity contribution in [1.82, 2.24) is 9.38 Å². The number of aliphatic hydroxyl groups is 1. The smallest absolute Gasteiger partial charge is 0.137 e. The number of nitrogens with zero attached hydrogens (tertiary/aromatic N) is 2. The van der Waals surface area contributed by atoms with E-state index < -0.39 is 6.10 Å². The molecule has 0 aliphatic heterocycles. The van der Waals surface area contributed by atoms with Crippen molar-refractivity contribution in [3.63, 3.8) is 0 Å². The molecule has 0 radical (unpaired) electrons. The van der Waals surface area contributed by atoms with Gasteiger partial charge in [0.1, 0.15) is 5.65 Å². The Bertz CT molecular complexity index is 842. The van der Waals surface area contributed by atoms with Crippen LogP contribution in [-0.2, 0) is 0 Å². The zero-order valence-corrected chi connectivity index (χ0v) is 13.9. The fraction of sp³-hybridized carbons (Fsp3) is 0.235. The molecule has 3 nitrogen and oxygen atoms in total. The summed E-state index contributed by atoms with van der Waals surface area (Å²) < 4.78 is 1.98. The van der Waals surface area contributed by atoms with Crippen LogP contribution in [0, 0.1) is 6.92 Å². The predicted molar refractivity (Wildman–Crippen MR) is 90.6 cm³/mol. The van der Waals surface area contributed by atoms with E-state index in [9.17, 15) is 5.11 Å². The van der Waals surface area contributed by atoms with Gasteiger partial charge in [-0.2, -0.15) is 0 Å². The number of imidazole rings is 1. The van der Waals surface area contributed by atoms with Crippen LogP contribution < -0.4 is 0 Å². The van der Waals surface area contributed by atoms with Crippen LogP contribution in [0.25, 0.3) is 16.9 Å². The number of hydrogen-bond acceptors (Lipinski definition) is 2. The molecule has 0 amide bonds. The molecule has 3 aromatic rings. The van der Waals surface area contributed by atoms with Crippen molar-refractivity contribution < 1.29 is 5.11 Å². The van der Waals surface area contributed by atoms with E-state index in [-0.39, 0.29) is 0 Å². The number of aliphatic hydroxyl groups excluding tert-OH is 1. The van der Waals surface area contributed by atoms with Gasteiger partial charge in [0, 0.05) is 16.3 Å². The molecule has 1 unspecified atom stereocenters. The highest BCUT2D eigenvalue weighted by atomic mass is 35.5. The summed E-state index contributed by atoms with van der Waals surface area (Å²) in [6.07, 6.45) is -0.0156. The van der Waals surface area contributed by atoms with E-state index in [2.05, 4.69) is 4.98 Å². The molecule has 1 aromatic carbocycles. The Morgan fingerprint density at radius 2 is 2.00 bits per heavy atom. The summed E-state index contributed by atoms with van der Waals surface area (Å²) in [4.78, 5) is 4.68. The molecule has 1 N–H and O–H groups in total. The van der Waals surface area contributed by atoms with Crippen LogP contribution in [0.15, 0.2) is 36.4 Å². The quantitative estimate of drug-likeness (QED) is 0.726. The van der Waals surface area contributed by atoms with E-state index in [1.807, 2.05) is 42.5 Å². The summed E-state index contributed by atoms with van der Waals surface area (Å²) >= 11 is 12.3. The largest absolute Gasteiger partial charge is 0.387 e. The zero-order chi connectivity index (χ0) is 15.9. The molecular formula is C17H16Cl2N2O. The Kier molecular flexibility index (Phi) is 4.13. The first-order chi connectivity index (χ1) is 10.5. The van der Waals surface area contributed by atoms with Gasteiger partial charge < -0.3 is 5.11 Å². The number of halogens is 2. The molecule has 5 heteroatoms. The minimum absolute atomic E-state index is 0.526. The first-order valence-corrected chi connectivity index (χ1v) is 7.90. The lowest BCUT2D eigenvalue weighted by atomic mass is 10.1. The van der Waals surface area contributed by atoms with Crippen molar-refractivity contribution in [3.05, 3.63) is 57.8 Å².